The number of hydrogen-bond acceptors (Lipinski definition) is 6. The van der Waals surface area contributed by atoms with Gasteiger partial charge in [0.2, 0.25) is 11.2 Å². The van der Waals surface area contributed by atoms with Crippen LogP contribution < -0.4 is 10.2 Å². The van der Waals surface area contributed by atoms with E-state index in [2.05, 4.69) is 0 Å². The van der Waals surface area contributed by atoms with Crippen LogP contribution in [0.1, 0.15) is 19.8 Å². The highest BCUT2D eigenvalue weighted by Gasteiger charge is 2.20. The molecule has 1 N–H and O–H groups in total. The average Bonchev–Trinajstić information content (AvgIpc) is 2.64. The van der Waals surface area contributed by atoms with Crippen LogP contribution in [0.5, 0.6) is 11.5 Å². The minimum absolute atomic E-state index is 0.0519. The number of aromatic hydroxyl groups is 1. The van der Waals surface area contributed by atoms with E-state index in [0.717, 1.165) is 12.8 Å². The fourth-order valence-corrected chi connectivity index (χ4v) is 2.58. The molecule has 0 radical (unpaired) electrons. The molecule has 1 aromatic heterocycles. The van der Waals surface area contributed by atoms with Gasteiger partial charge in [0.15, 0.2) is 11.5 Å². The van der Waals surface area contributed by atoms with Crippen LogP contribution >= 0.6 is 0 Å². The Bertz CT molecular complexity index is 1020. The molecule has 1 heterocycles. The highest BCUT2D eigenvalue weighted by atomic mass is 16.6. The molecule has 0 fully saturated rings. The Morgan fingerprint density at radius 2 is 2.00 bits per heavy atom. The first-order chi connectivity index (χ1) is 12.5. The van der Waals surface area contributed by atoms with Gasteiger partial charge in [-0.3, -0.25) is 14.9 Å². The summed E-state index contributed by atoms with van der Waals surface area (Å²) in [5.41, 5.74) is -0.110. The number of fused-ring (bicyclic) bond motifs is 1. The molecule has 0 aliphatic rings. The second-order valence-electron chi connectivity index (χ2n) is 5.75. The van der Waals surface area contributed by atoms with E-state index >= 15 is 0 Å². The number of nitrogens with zero attached hydrogens (tertiary/aromatic N) is 1. The predicted octanol–water partition coefficient (Wildman–Crippen LogP) is 4.25. The number of nitro benzene ring substituents is 1. The molecule has 0 amide bonds. The maximum Gasteiger partial charge on any atom is 0.310 e. The first kappa shape index (κ1) is 17.5. The van der Waals surface area contributed by atoms with E-state index in [1.807, 2.05) is 6.92 Å². The molecular formula is C19H17NO6. The molecular weight excluding hydrogens is 338 g/mol. The van der Waals surface area contributed by atoms with Crippen LogP contribution in [0.2, 0.25) is 0 Å². The standard InChI is InChI=1S/C19H17NO6/c1-2-3-10-25-16-11-12(8-9-14(16)20(23)24)19-18(22)17(21)13-6-4-5-7-15(13)26-19/h4-9,11,22H,2-3,10H2,1H3. The van der Waals surface area contributed by atoms with Gasteiger partial charge in [-0.15, -0.1) is 0 Å². The van der Waals surface area contributed by atoms with E-state index in [1.165, 1.54) is 18.2 Å². The topological polar surface area (TPSA) is 103 Å². The zero-order valence-corrected chi connectivity index (χ0v) is 14.1. The van der Waals surface area contributed by atoms with Crippen LogP contribution in [0.4, 0.5) is 5.69 Å². The summed E-state index contributed by atoms with van der Waals surface area (Å²) in [7, 11) is 0. The molecule has 0 saturated carbocycles. The summed E-state index contributed by atoms with van der Waals surface area (Å²) in [6, 6.07) is 10.6. The molecule has 7 nitrogen and oxygen atoms in total. The normalized spacial score (nSPS) is 10.8. The van der Waals surface area contributed by atoms with E-state index < -0.39 is 16.1 Å². The van der Waals surface area contributed by atoms with Crippen molar-refractivity contribution in [3.63, 3.8) is 0 Å². The van der Waals surface area contributed by atoms with Crippen molar-refractivity contribution >= 4 is 16.7 Å². The SMILES string of the molecule is CCCCOc1cc(-c2oc3ccccc3c(=O)c2O)ccc1[N+](=O)[O-]. The maximum atomic E-state index is 12.3. The van der Waals surface area contributed by atoms with Gasteiger partial charge in [0.25, 0.3) is 0 Å². The quantitative estimate of drug-likeness (QED) is 0.403. The Hall–Kier alpha value is -3.35. The zero-order chi connectivity index (χ0) is 18.7. The molecule has 0 aliphatic carbocycles. The second-order valence-corrected chi connectivity index (χ2v) is 5.75. The minimum Gasteiger partial charge on any atom is -0.502 e. The summed E-state index contributed by atoms with van der Waals surface area (Å²) >= 11 is 0. The van der Waals surface area contributed by atoms with Gasteiger partial charge in [0, 0.05) is 11.6 Å². The molecule has 26 heavy (non-hydrogen) atoms. The molecule has 0 bridgehead atoms. The Labute approximate surface area is 148 Å². The minimum atomic E-state index is -0.561. The van der Waals surface area contributed by atoms with Crippen molar-refractivity contribution in [3.8, 4) is 22.8 Å². The molecule has 3 aromatic rings. The molecule has 0 spiro atoms. The molecule has 0 unspecified atom stereocenters. The number of benzene rings is 2. The van der Waals surface area contributed by atoms with Gasteiger partial charge in [0.05, 0.1) is 16.9 Å². The summed E-state index contributed by atoms with van der Waals surface area (Å²) in [5, 5.41) is 21.7. The first-order valence-electron chi connectivity index (χ1n) is 8.19. The van der Waals surface area contributed by atoms with Gasteiger partial charge < -0.3 is 14.3 Å². The van der Waals surface area contributed by atoms with Gasteiger partial charge in [-0.2, -0.15) is 0 Å². The molecule has 0 saturated heterocycles. The van der Waals surface area contributed by atoms with Crippen molar-refractivity contribution in [2.24, 2.45) is 0 Å². The van der Waals surface area contributed by atoms with Gasteiger partial charge in [-0.25, -0.2) is 0 Å². The molecule has 7 heteroatoms. The largest absolute Gasteiger partial charge is 0.502 e. The average molecular weight is 355 g/mol. The Kier molecular flexibility index (Phi) is 4.88. The van der Waals surface area contributed by atoms with Crippen molar-refractivity contribution in [1.29, 1.82) is 0 Å². The van der Waals surface area contributed by atoms with Gasteiger partial charge in [-0.1, -0.05) is 25.5 Å². The van der Waals surface area contributed by atoms with Crippen LogP contribution in [0.15, 0.2) is 51.7 Å². The van der Waals surface area contributed by atoms with Gasteiger partial charge >= 0.3 is 5.69 Å². The number of para-hydroxylation sites is 1. The van der Waals surface area contributed by atoms with Crippen molar-refractivity contribution in [3.05, 3.63) is 62.8 Å². The Balaban J connectivity index is 2.13. The number of ether oxygens (including phenoxy) is 1. The third-order valence-electron chi connectivity index (χ3n) is 3.95. The molecule has 0 aliphatic heterocycles. The Morgan fingerprint density at radius 1 is 1.23 bits per heavy atom. The van der Waals surface area contributed by atoms with Crippen LogP contribution in [0, 0.1) is 10.1 Å². The third-order valence-corrected chi connectivity index (χ3v) is 3.95. The van der Waals surface area contributed by atoms with E-state index in [-0.39, 0.29) is 22.6 Å². The summed E-state index contributed by atoms with van der Waals surface area (Å²) < 4.78 is 11.2. The van der Waals surface area contributed by atoms with Crippen molar-refractivity contribution < 1.29 is 19.2 Å². The Morgan fingerprint density at radius 3 is 2.73 bits per heavy atom. The second kappa shape index (κ2) is 7.26. The lowest BCUT2D eigenvalue weighted by molar-refractivity contribution is -0.385. The van der Waals surface area contributed by atoms with Gasteiger partial charge in [0.1, 0.15) is 5.58 Å². The number of hydrogen-bond donors (Lipinski definition) is 1. The van der Waals surface area contributed by atoms with E-state index in [0.29, 0.717) is 17.8 Å². The fraction of sp³-hybridized carbons (Fsp3) is 0.211. The van der Waals surface area contributed by atoms with Crippen LogP contribution in [-0.4, -0.2) is 16.6 Å². The smallest absolute Gasteiger partial charge is 0.310 e. The van der Waals surface area contributed by atoms with E-state index in [1.54, 1.807) is 24.3 Å². The van der Waals surface area contributed by atoms with E-state index in [9.17, 15) is 20.0 Å². The third kappa shape index (κ3) is 3.23. The zero-order valence-electron chi connectivity index (χ0n) is 14.1. The number of rotatable bonds is 6. The number of nitro groups is 1. The van der Waals surface area contributed by atoms with Crippen molar-refractivity contribution in [2.75, 3.05) is 6.61 Å². The number of unbranched alkanes of at least 4 members (excludes halogenated alkanes) is 1. The maximum absolute atomic E-state index is 12.3. The molecule has 2 aromatic carbocycles. The predicted molar refractivity (Wildman–Crippen MR) is 96.6 cm³/mol. The monoisotopic (exact) mass is 355 g/mol. The summed E-state index contributed by atoms with van der Waals surface area (Å²) in [4.78, 5) is 23.0. The van der Waals surface area contributed by atoms with Crippen LogP contribution in [-0.2, 0) is 0 Å². The van der Waals surface area contributed by atoms with Crippen molar-refractivity contribution in [1.82, 2.24) is 0 Å². The highest BCUT2D eigenvalue weighted by Crippen LogP contribution is 2.36. The summed E-state index contributed by atoms with van der Waals surface area (Å²) in [5.74, 6) is -0.530. The lowest BCUT2D eigenvalue weighted by atomic mass is 10.1. The first-order valence-corrected chi connectivity index (χ1v) is 8.19. The van der Waals surface area contributed by atoms with Crippen molar-refractivity contribution in [2.45, 2.75) is 19.8 Å². The van der Waals surface area contributed by atoms with Crippen LogP contribution in [0.3, 0.4) is 0 Å². The fourth-order valence-electron chi connectivity index (χ4n) is 2.58. The van der Waals surface area contributed by atoms with Crippen LogP contribution in [0.25, 0.3) is 22.3 Å². The van der Waals surface area contributed by atoms with E-state index in [4.69, 9.17) is 9.15 Å². The highest BCUT2D eigenvalue weighted by molar-refractivity contribution is 5.82. The summed E-state index contributed by atoms with van der Waals surface area (Å²) in [6.45, 7) is 2.31. The lowest BCUT2D eigenvalue weighted by Gasteiger charge is -2.09. The van der Waals surface area contributed by atoms with Gasteiger partial charge in [-0.05, 0) is 30.7 Å². The molecule has 0 atom stereocenters. The molecule has 134 valence electrons. The lowest BCUT2D eigenvalue weighted by Crippen LogP contribution is -2.03. The summed E-state index contributed by atoms with van der Waals surface area (Å²) in [6.07, 6.45) is 1.63. The molecule has 3 rings (SSSR count).